The monoisotopic (exact) mass is 282 g/mol. The molecule has 1 aromatic carbocycles. The summed E-state index contributed by atoms with van der Waals surface area (Å²) < 4.78 is 19.1. The van der Waals surface area contributed by atoms with E-state index in [-0.39, 0.29) is 23.5 Å². The van der Waals surface area contributed by atoms with Crippen LogP contribution in [0.1, 0.15) is 23.2 Å². The maximum Gasteiger partial charge on any atom is 0.257 e. The number of ether oxygens (including phenoxy) is 1. The van der Waals surface area contributed by atoms with Crippen molar-refractivity contribution in [2.45, 2.75) is 25.0 Å². The number of benzene rings is 1. The predicted molar refractivity (Wildman–Crippen MR) is 72.0 cm³/mol. The normalized spacial score (nSPS) is 22.9. The first-order valence-electron chi connectivity index (χ1n) is 6.59. The highest BCUT2D eigenvalue weighted by atomic mass is 19.1. The second-order valence-corrected chi connectivity index (χ2v) is 4.93. The number of carbonyl (C=O) groups is 1. The Morgan fingerprint density at radius 2 is 2.35 bits per heavy atom. The van der Waals surface area contributed by atoms with Gasteiger partial charge in [0.05, 0.1) is 11.7 Å². The summed E-state index contributed by atoms with van der Waals surface area (Å²) in [5, 5.41) is 9.19. The highest BCUT2D eigenvalue weighted by Crippen LogP contribution is 2.23. The van der Waals surface area contributed by atoms with Crippen LogP contribution in [0.2, 0.25) is 0 Å². The number of piperidine rings is 1. The van der Waals surface area contributed by atoms with Gasteiger partial charge in [-0.05, 0) is 25.0 Å². The summed E-state index contributed by atoms with van der Waals surface area (Å²) in [4.78, 5) is 14.0. The standard InChI is InChI=1S/C14H19FN2O3/c1-20-11-4-5-17(9(6-11)8-16)14(19)12-3-2-10(18)7-13(12)15/h2-3,7,9,11,18H,4-6,8,16H2,1H3. The smallest absolute Gasteiger partial charge is 0.257 e. The van der Waals surface area contributed by atoms with Crippen molar-refractivity contribution in [3.05, 3.63) is 29.6 Å². The topological polar surface area (TPSA) is 75.8 Å². The summed E-state index contributed by atoms with van der Waals surface area (Å²) in [6, 6.07) is 3.38. The van der Waals surface area contributed by atoms with Crippen LogP contribution in [-0.2, 0) is 4.74 Å². The van der Waals surface area contributed by atoms with Gasteiger partial charge in [0.15, 0.2) is 0 Å². The molecule has 0 aromatic heterocycles. The van der Waals surface area contributed by atoms with Crippen molar-refractivity contribution >= 4 is 5.91 Å². The van der Waals surface area contributed by atoms with Crippen LogP contribution in [0.5, 0.6) is 5.75 Å². The Hall–Kier alpha value is -1.66. The first kappa shape index (κ1) is 14.7. The molecule has 3 N–H and O–H groups in total. The Kier molecular flexibility index (Phi) is 4.57. The zero-order valence-electron chi connectivity index (χ0n) is 11.4. The highest BCUT2D eigenvalue weighted by Gasteiger charge is 2.32. The molecule has 1 saturated heterocycles. The molecule has 5 nitrogen and oxygen atoms in total. The van der Waals surface area contributed by atoms with Gasteiger partial charge in [0.2, 0.25) is 0 Å². The molecule has 110 valence electrons. The number of nitrogens with zero attached hydrogens (tertiary/aromatic N) is 1. The van der Waals surface area contributed by atoms with Crippen molar-refractivity contribution in [3.63, 3.8) is 0 Å². The molecule has 2 rings (SSSR count). The third-order valence-electron chi connectivity index (χ3n) is 3.72. The van der Waals surface area contributed by atoms with E-state index in [2.05, 4.69) is 0 Å². The van der Waals surface area contributed by atoms with Crippen molar-refractivity contribution in [2.24, 2.45) is 5.73 Å². The van der Waals surface area contributed by atoms with Gasteiger partial charge < -0.3 is 20.5 Å². The Balaban J connectivity index is 2.19. The van der Waals surface area contributed by atoms with Crippen molar-refractivity contribution < 1.29 is 19.0 Å². The predicted octanol–water partition coefficient (Wildman–Crippen LogP) is 1.11. The van der Waals surface area contributed by atoms with E-state index in [1.807, 2.05) is 0 Å². The number of carbonyl (C=O) groups excluding carboxylic acids is 1. The molecule has 0 aliphatic carbocycles. The minimum Gasteiger partial charge on any atom is -0.508 e. The van der Waals surface area contributed by atoms with E-state index in [0.29, 0.717) is 25.9 Å². The number of phenols is 1. The van der Waals surface area contributed by atoms with E-state index >= 15 is 0 Å². The maximum absolute atomic E-state index is 13.8. The lowest BCUT2D eigenvalue weighted by Gasteiger charge is -2.38. The zero-order chi connectivity index (χ0) is 14.7. The molecular formula is C14H19FN2O3. The number of rotatable bonds is 3. The summed E-state index contributed by atoms with van der Waals surface area (Å²) in [5.41, 5.74) is 5.66. The highest BCUT2D eigenvalue weighted by molar-refractivity contribution is 5.95. The lowest BCUT2D eigenvalue weighted by molar-refractivity contribution is 0.0137. The van der Waals surface area contributed by atoms with E-state index in [9.17, 15) is 14.3 Å². The average molecular weight is 282 g/mol. The molecule has 1 aromatic rings. The largest absolute Gasteiger partial charge is 0.508 e. The summed E-state index contributed by atoms with van der Waals surface area (Å²) in [5.74, 6) is -1.32. The van der Waals surface area contributed by atoms with Gasteiger partial charge in [0.1, 0.15) is 11.6 Å². The Morgan fingerprint density at radius 1 is 1.60 bits per heavy atom. The van der Waals surface area contributed by atoms with Gasteiger partial charge in [-0.2, -0.15) is 0 Å². The molecule has 0 radical (unpaired) electrons. The summed E-state index contributed by atoms with van der Waals surface area (Å²) in [7, 11) is 1.63. The average Bonchev–Trinajstić information content (AvgIpc) is 2.46. The van der Waals surface area contributed by atoms with Crippen LogP contribution in [0, 0.1) is 5.82 Å². The van der Waals surface area contributed by atoms with E-state index < -0.39 is 11.7 Å². The number of nitrogens with two attached hydrogens (primary N) is 1. The van der Waals surface area contributed by atoms with Crippen molar-refractivity contribution in [1.29, 1.82) is 0 Å². The fraction of sp³-hybridized carbons (Fsp3) is 0.500. The summed E-state index contributed by atoms with van der Waals surface area (Å²) >= 11 is 0. The molecule has 1 amide bonds. The van der Waals surface area contributed by atoms with Gasteiger partial charge in [-0.15, -0.1) is 0 Å². The quantitative estimate of drug-likeness (QED) is 0.870. The Bertz CT molecular complexity index is 495. The third kappa shape index (κ3) is 2.91. The fourth-order valence-corrected chi connectivity index (χ4v) is 2.55. The molecule has 0 spiro atoms. The second kappa shape index (κ2) is 6.19. The molecule has 6 heteroatoms. The van der Waals surface area contributed by atoms with Gasteiger partial charge in [-0.25, -0.2) is 4.39 Å². The van der Waals surface area contributed by atoms with Crippen LogP contribution in [-0.4, -0.2) is 48.3 Å². The summed E-state index contributed by atoms with van der Waals surface area (Å²) in [6.45, 7) is 0.796. The molecule has 1 fully saturated rings. The molecular weight excluding hydrogens is 263 g/mol. The zero-order valence-corrected chi connectivity index (χ0v) is 11.4. The van der Waals surface area contributed by atoms with E-state index in [1.54, 1.807) is 12.0 Å². The number of aromatic hydroxyl groups is 1. The van der Waals surface area contributed by atoms with Gasteiger partial charge in [-0.1, -0.05) is 0 Å². The van der Waals surface area contributed by atoms with Gasteiger partial charge in [0.25, 0.3) is 5.91 Å². The number of hydrogen-bond donors (Lipinski definition) is 2. The van der Waals surface area contributed by atoms with Crippen LogP contribution in [0.25, 0.3) is 0 Å². The molecule has 1 aliphatic rings. The molecule has 0 saturated carbocycles. The van der Waals surface area contributed by atoms with Crippen molar-refractivity contribution in [1.82, 2.24) is 4.90 Å². The second-order valence-electron chi connectivity index (χ2n) is 4.93. The van der Waals surface area contributed by atoms with Crippen molar-refractivity contribution in [3.8, 4) is 5.75 Å². The van der Waals surface area contributed by atoms with Gasteiger partial charge >= 0.3 is 0 Å². The fourth-order valence-electron chi connectivity index (χ4n) is 2.55. The lowest BCUT2D eigenvalue weighted by atomic mass is 9.98. The molecule has 1 aliphatic heterocycles. The van der Waals surface area contributed by atoms with Crippen LogP contribution in [0.15, 0.2) is 18.2 Å². The minimum atomic E-state index is -0.723. The van der Waals surface area contributed by atoms with E-state index in [4.69, 9.17) is 10.5 Å². The SMILES string of the molecule is COC1CCN(C(=O)c2ccc(O)cc2F)C(CN)C1. The van der Waals surface area contributed by atoms with E-state index in [0.717, 1.165) is 6.07 Å². The number of methoxy groups -OCH3 is 1. The first-order valence-corrected chi connectivity index (χ1v) is 6.59. The van der Waals surface area contributed by atoms with Gasteiger partial charge in [0, 0.05) is 32.3 Å². The molecule has 1 heterocycles. The number of halogens is 1. The Labute approximate surface area is 117 Å². The summed E-state index contributed by atoms with van der Waals surface area (Å²) in [6.07, 6.45) is 1.44. The number of likely N-dealkylation sites (tertiary alicyclic amines) is 1. The maximum atomic E-state index is 13.8. The number of amides is 1. The number of hydrogen-bond acceptors (Lipinski definition) is 4. The van der Waals surface area contributed by atoms with Crippen LogP contribution in [0.3, 0.4) is 0 Å². The lowest BCUT2D eigenvalue weighted by Crippen LogP contribution is -2.51. The molecule has 2 unspecified atom stereocenters. The molecule has 20 heavy (non-hydrogen) atoms. The molecule has 2 atom stereocenters. The van der Waals surface area contributed by atoms with Crippen LogP contribution in [0.4, 0.5) is 4.39 Å². The van der Waals surface area contributed by atoms with Crippen molar-refractivity contribution in [2.75, 3.05) is 20.2 Å². The Morgan fingerprint density at radius 3 is 2.95 bits per heavy atom. The third-order valence-corrected chi connectivity index (χ3v) is 3.72. The van der Waals surface area contributed by atoms with Gasteiger partial charge in [-0.3, -0.25) is 4.79 Å². The van der Waals surface area contributed by atoms with Crippen LogP contribution < -0.4 is 5.73 Å². The van der Waals surface area contributed by atoms with Crippen LogP contribution >= 0.6 is 0 Å². The number of phenolic OH excluding ortho intramolecular Hbond substituents is 1. The minimum absolute atomic E-state index is 0.0443. The first-order chi connectivity index (χ1) is 9.56. The molecule has 0 bridgehead atoms. The van der Waals surface area contributed by atoms with E-state index in [1.165, 1.54) is 12.1 Å².